The van der Waals surface area contributed by atoms with Gasteiger partial charge in [-0.2, -0.15) is 5.26 Å². The van der Waals surface area contributed by atoms with E-state index in [0.29, 0.717) is 17.2 Å². The minimum Gasteiger partial charge on any atom is -0.494 e. The van der Waals surface area contributed by atoms with Crippen LogP contribution < -0.4 is 15.8 Å². The average molecular weight is 258 g/mol. The number of halogens is 1. The molecule has 1 heterocycles. The molecule has 2 aromatic rings. The van der Waals surface area contributed by atoms with Gasteiger partial charge in [-0.1, -0.05) is 0 Å². The van der Waals surface area contributed by atoms with Crippen LogP contribution in [-0.2, 0) is 0 Å². The van der Waals surface area contributed by atoms with E-state index in [1.807, 2.05) is 6.07 Å². The van der Waals surface area contributed by atoms with Crippen molar-refractivity contribution in [3.05, 3.63) is 41.8 Å². The Kier molecular flexibility index (Phi) is 3.48. The number of ether oxygens (including phenoxy) is 1. The molecule has 0 amide bonds. The van der Waals surface area contributed by atoms with Gasteiger partial charge in [-0.15, -0.1) is 0 Å². The van der Waals surface area contributed by atoms with E-state index in [9.17, 15) is 4.39 Å². The van der Waals surface area contributed by atoms with E-state index in [2.05, 4.69) is 10.3 Å². The molecule has 1 aromatic carbocycles. The Morgan fingerprint density at radius 3 is 2.84 bits per heavy atom. The van der Waals surface area contributed by atoms with Crippen LogP contribution in [0, 0.1) is 17.1 Å². The van der Waals surface area contributed by atoms with Gasteiger partial charge in [0.15, 0.2) is 17.3 Å². The van der Waals surface area contributed by atoms with Crippen molar-refractivity contribution >= 4 is 17.2 Å². The lowest BCUT2D eigenvalue weighted by atomic mass is 10.2. The van der Waals surface area contributed by atoms with Crippen molar-refractivity contribution in [2.45, 2.75) is 0 Å². The molecule has 5 nitrogen and oxygen atoms in total. The maximum atomic E-state index is 13.3. The normalized spacial score (nSPS) is 9.74. The zero-order valence-corrected chi connectivity index (χ0v) is 10.1. The van der Waals surface area contributed by atoms with Crippen LogP contribution >= 0.6 is 0 Å². The highest BCUT2D eigenvalue weighted by molar-refractivity contribution is 5.62. The largest absolute Gasteiger partial charge is 0.494 e. The van der Waals surface area contributed by atoms with Gasteiger partial charge in [0, 0.05) is 11.8 Å². The second kappa shape index (κ2) is 5.23. The maximum Gasteiger partial charge on any atom is 0.165 e. The number of benzene rings is 1. The predicted molar refractivity (Wildman–Crippen MR) is 69.6 cm³/mol. The molecule has 0 radical (unpaired) electrons. The van der Waals surface area contributed by atoms with Crippen LogP contribution in [0.1, 0.15) is 5.69 Å². The molecule has 0 unspecified atom stereocenters. The van der Waals surface area contributed by atoms with Gasteiger partial charge < -0.3 is 15.8 Å². The smallest absolute Gasteiger partial charge is 0.165 e. The summed E-state index contributed by atoms with van der Waals surface area (Å²) in [7, 11) is 1.39. The molecule has 0 aliphatic rings. The summed E-state index contributed by atoms with van der Waals surface area (Å²) in [6.45, 7) is 0. The summed E-state index contributed by atoms with van der Waals surface area (Å²) in [5.74, 6) is 0.122. The van der Waals surface area contributed by atoms with Crippen molar-refractivity contribution in [2.24, 2.45) is 0 Å². The highest BCUT2D eigenvalue weighted by Crippen LogP contribution is 2.24. The van der Waals surface area contributed by atoms with Crippen molar-refractivity contribution in [3.8, 4) is 11.8 Å². The summed E-state index contributed by atoms with van der Waals surface area (Å²) < 4.78 is 18.1. The molecule has 0 aliphatic heterocycles. The van der Waals surface area contributed by atoms with Crippen molar-refractivity contribution in [2.75, 3.05) is 18.2 Å². The van der Waals surface area contributed by atoms with Crippen molar-refractivity contribution in [3.63, 3.8) is 0 Å². The first-order chi connectivity index (χ1) is 9.13. The SMILES string of the molecule is COc1cc(Nc2ccc(N)c(C#N)n2)ccc1F. The molecule has 0 saturated heterocycles. The van der Waals surface area contributed by atoms with Crippen LogP contribution in [0.5, 0.6) is 5.75 Å². The number of rotatable bonds is 3. The van der Waals surface area contributed by atoms with Crippen molar-refractivity contribution in [1.29, 1.82) is 5.26 Å². The standard InChI is InChI=1S/C13H11FN4O/c1-19-12-6-8(2-3-9(12)14)17-13-5-4-10(16)11(7-15)18-13/h2-6H,16H2,1H3,(H,17,18). The van der Waals surface area contributed by atoms with Gasteiger partial charge in [0.2, 0.25) is 0 Å². The Morgan fingerprint density at radius 2 is 2.16 bits per heavy atom. The molecule has 0 aliphatic carbocycles. The zero-order valence-electron chi connectivity index (χ0n) is 10.1. The van der Waals surface area contributed by atoms with Crippen LogP contribution in [0.3, 0.4) is 0 Å². The molecule has 0 fully saturated rings. The Bertz CT molecular complexity index is 652. The molecule has 0 bridgehead atoms. The molecule has 0 saturated carbocycles. The van der Waals surface area contributed by atoms with Crippen LogP contribution in [-0.4, -0.2) is 12.1 Å². The molecule has 3 N–H and O–H groups in total. The molecular weight excluding hydrogens is 247 g/mol. The van der Waals surface area contributed by atoms with E-state index in [1.165, 1.54) is 19.2 Å². The van der Waals surface area contributed by atoms with E-state index in [0.717, 1.165) is 0 Å². The van der Waals surface area contributed by atoms with Gasteiger partial charge in [0.25, 0.3) is 0 Å². The van der Waals surface area contributed by atoms with Gasteiger partial charge in [-0.25, -0.2) is 9.37 Å². The number of nitrogens with two attached hydrogens (primary N) is 1. The number of nitriles is 1. The second-order valence-electron chi connectivity index (χ2n) is 3.72. The number of nitrogen functional groups attached to an aromatic ring is 1. The van der Waals surface area contributed by atoms with Gasteiger partial charge in [-0.3, -0.25) is 0 Å². The zero-order chi connectivity index (χ0) is 13.8. The lowest BCUT2D eigenvalue weighted by molar-refractivity contribution is 0.387. The molecular formula is C13H11FN4O. The van der Waals surface area contributed by atoms with E-state index in [4.69, 9.17) is 15.7 Å². The molecule has 96 valence electrons. The number of aromatic nitrogens is 1. The van der Waals surface area contributed by atoms with Gasteiger partial charge in [-0.05, 0) is 24.3 Å². The van der Waals surface area contributed by atoms with Gasteiger partial charge in [0.1, 0.15) is 11.9 Å². The molecule has 1 aromatic heterocycles. The fourth-order valence-electron chi connectivity index (χ4n) is 1.51. The molecule has 0 atom stereocenters. The minimum atomic E-state index is -0.448. The fraction of sp³-hybridized carbons (Fsp3) is 0.0769. The third-order valence-electron chi connectivity index (χ3n) is 2.46. The molecule has 2 rings (SSSR count). The first-order valence-corrected chi connectivity index (χ1v) is 5.41. The number of hydrogen-bond acceptors (Lipinski definition) is 5. The molecule has 19 heavy (non-hydrogen) atoms. The Balaban J connectivity index is 2.29. The van der Waals surface area contributed by atoms with E-state index in [-0.39, 0.29) is 11.4 Å². The van der Waals surface area contributed by atoms with Gasteiger partial charge in [0.05, 0.1) is 12.8 Å². The number of anilines is 3. The third kappa shape index (κ3) is 2.72. The number of methoxy groups -OCH3 is 1. The lowest BCUT2D eigenvalue weighted by Crippen LogP contribution is -1.99. The summed E-state index contributed by atoms with van der Waals surface area (Å²) in [4.78, 5) is 4.03. The van der Waals surface area contributed by atoms with E-state index >= 15 is 0 Å². The summed E-state index contributed by atoms with van der Waals surface area (Å²) in [6.07, 6.45) is 0. The summed E-state index contributed by atoms with van der Waals surface area (Å²) in [6, 6.07) is 9.43. The summed E-state index contributed by atoms with van der Waals surface area (Å²) in [5, 5.41) is 11.8. The van der Waals surface area contributed by atoms with Crippen molar-refractivity contribution in [1.82, 2.24) is 4.98 Å². The Morgan fingerprint density at radius 1 is 1.37 bits per heavy atom. The highest BCUT2D eigenvalue weighted by atomic mass is 19.1. The Labute approximate surface area is 109 Å². The number of nitrogens with zero attached hydrogens (tertiary/aromatic N) is 2. The monoisotopic (exact) mass is 258 g/mol. The fourth-order valence-corrected chi connectivity index (χ4v) is 1.51. The topological polar surface area (TPSA) is 84.0 Å². The summed E-state index contributed by atoms with van der Waals surface area (Å²) in [5.41, 5.74) is 6.62. The number of hydrogen-bond donors (Lipinski definition) is 2. The van der Waals surface area contributed by atoms with Crippen LogP contribution in [0.25, 0.3) is 0 Å². The number of pyridine rings is 1. The maximum absolute atomic E-state index is 13.3. The Hall–Kier alpha value is -2.81. The van der Waals surface area contributed by atoms with E-state index < -0.39 is 5.82 Å². The van der Waals surface area contributed by atoms with Crippen molar-refractivity contribution < 1.29 is 9.13 Å². The van der Waals surface area contributed by atoms with Crippen LogP contribution in [0.4, 0.5) is 21.6 Å². The molecule has 6 heteroatoms. The third-order valence-corrected chi connectivity index (χ3v) is 2.46. The minimum absolute atomic E-state index is 0.126. The van der Waals surface area contributed by atoms with Crippen LogP contribution in [0.15, 0.2) is 30.3 Å². The predicted octanol–water partition coefficient (Wildman–Crippen LogP) is 2.43. The quantitative estimate of drug-likeness (QED) is 0.883. The van der Waals surface area contributed by atoms with Crippen LogP contribution in [0.2, 0.25) is 0 Å². The summed E-state index contributed by atoms with van der Waals surface area (Å²) >= 11 is 0. The first kappa shape index (κ1) is 12.6. The average Bonchev–Trinajstić information content (AvgIpc) is 2.43. The first-order valence-electron chi connectivity index (χ1n) is 5.41. The number of nitrogens with one attached hydrogen (secondary N) is 1. The highest BCUT2D eigenvalue weighted by Gasteiger charge is 2.06. The second-order valence-corrected chi connectivity index (χ2v) is 3.72. The van der Waals surface area contributed by atoms with Gasteiger partial charge >= 0.3 is 0 Å². The lowest BCUT2D eigenvalue weighted by Gasteiger charge is -2.08. The van der Waals surface area contributed by atoms with E-state index in [1.54, 1.807) is 18.2 Å². The molecule has 0 spiro atoms.